The molecule has 0 aliphatic rings. The molecule has 0 spiro atoms. The Labute approximate surface area is 272 Å². The molecule has 16 nitrogen and oxygen atoms in total. The average Bonchev–Trinajstić information content (AvgIpc) is 3.62. The third kappa shape index (κ3) is 6.05. The standard InChI is InChI=1S/C28H16Cl2N8O8S/c29-19-5-1-13(37(41)42)9-17(19)25(39)35-27-31-21-7-3-15(11-23(21)33-27)47(45,46)16-4-8-22-24(12-16)34-28(32-22)36-26(40)18-10-14(38(43)44)2-6-20(18)30/h1-12H,(H2,31,33,35,39)(H2,32,34,36,40). The highest BCUT2D eigenvalue weighted by Crippen LogP contribution is 2.29. The van der Waals surface area contributed by atoms with Gasteiger partial charge in [-0.15, -0.1) is 0 Å². The first kappa shape index (κ1) is 31.1. The van der Waals surface area contributed by atoms with E-state index in [4.69, 9.17) is 23.2 Å². The van der Waals surface area contributed by atoms with Crippen molar-refractivity contribution in [1.82, 2.24) is 19.9 Å². The summed E-state index contributed by atoms with van der Waals surface area (Å²) >= 11 is 12.1. The Balaban J connectivity index is 1.23. The molecular weight excluding hydrogens is 679 g/mol. The number of amides is 2. The van der Waals surface area contributed by atoms with Gasteiger partial charge in [0, 0.05) is 24.3 Å². The van der Waals surface area contributed by atoms with Crippen molar-refractivity contribution in [1.29, 1.82) is 0 Å². The summed E-state index contributed by atoms with van der Waals surface area (Å²) in [5.41, 5.74) is 0.175. The highest BCUT2D eigenvalue weighted by atomic mass is 35.5. The fourth-order valence-corrected chi connectivity index (χ4v) is 6.24. The van der Waals surface area contributed by atoms with Crippen molar-refractivity contribution >= 4 is 90.2 Å². The van der Waals surface area contributed by atoms with E-state index < -0.39 is 31.5 Å². The largest absolute Gasteiger partial charge is 0.324 e. The van der Waals surface area contributed by atoms with Crippen LogP contribution in [0.2, 0.25) is 10.0 Å². The minimum Gasteiger partial charge on any atom is -0.324 e. The van der Waals surface area contributed by atoms with Crippen molar-refractivity contribution in [2.45, 2.75) is 9.79 Å². The molecule has 6 rings (SSSR count). The smallest absolute Gasteiger partial charge is 0.270 e. The second-order valence-electron chi connectivity index (χ2n) is 9.78. The number of rotatable bonds is 8. The van der Waals surface area contributed by atoms with Gasteiger partial charge in [-0.2, -0.15) is 0 Å². The maximum atomic E-state index is 13.6. The zero-order valence-electron chi connectivity index (χ0n) is 23.1. The number of fused-ring (bicyclic) bond motifs is 2. The maximum Gasteiger partial charge on any atom is 0.270 e. The lowest BCUT2D eigenvalue weighted by atomic mass is 10.2. The van der Waals surface area contributed by atoms with Gasteiger partial charge in [0.2, 0.25) is 21.7 Å². The molecule has 2 amide bonds. The summed E-state index contributed by atoms with van der Waals surface area (Å²) in [5, 5.41) is 27.1. The van der Waals surface area contributed by atoms with Gasteiger partial charge in [-0.05, 0) is 48.5 Å². The molecule has 6 aromatic rings. The number of benzene rings is 4. The van der Waals surface area contributed by atoms with Crippen LogP contribution in [0.5, 0.6) is 0 Å². The number of non-ortho nitro benzene ring substituents is 2. The van der Waals surface area contributed by atoms with Gasteiger partial charge in [0.05, 0.1) is 62.9 Å². The van der Waals surface area contributed by atoms with Crippen molar-refractivity contribution in [3.8, 4) is 0 Å². The summed E-state index contributed by atoms with van der Waals surface area (Å²) < 4.78 is 27.1. The molecule has 47 heavy (non-hydrogen) atoms. The summed E-state index contributed by atoms with van der Waals surface area (Å²) in [5.74, 6) is -1.66. The molecule has 0 unspecified atom stereocenters. The molecule has 0 atom stereocenters. The Morgan fingerprint density at radius 1 is 0.660 bits per heavy atom. The zero-order valence-corrected chi connectivity index (χ0v) is 25.5. The Hall–Kier alpha value is -5.91. The van der Waals surface area contributed by atoms with Gasteiger partial charge in [-0.25, -0.2) is 18.4 Å². The Morgan fingerprint density at radius 3 is 1.45 bits per heavy atom. The first-order valence-corrected chi connectivity index (χ1v) is 15.3. The molecule has 4 aromatic carbocycles. The molecule has 0 saturated heterocycles. The van der Waals surface area contributed by atoms with Crippen molar-refractivity contribution in [2.24, 2.45) is 0 Å². The molecule has 0 saturated carbocycles. The van der Waals surface area contributed by atoms with E-state index in [2.05, 4.69) is 30.6 Å². The van der Waals surface area contributed by atoms with Crippen LogP contribution in [0.4, 0.5) is 23.3 Å². The van der Waals surface area contributed by atoms with E-state index in [0.29, 0.717) is 11.0 Å². The molecule has 0 bridgehead atoms. The van der Waals surface area contributed by atoms with Crippen LogP contribution in [0.25, 0.3) is 22.1 Å². The van der Waals surface area contributed by atoms with Gasteiger partial charge >= 0.3 is 0 Å². The fourth-order valence-electron chi connectivity index (χ4n) is 4.52. The number of sulfone groups is 1. The van der Waals surface area contributed by atoms with Crippen molar-refractivity contribution in [3.05, 3.63) is 114 Å². The zero-order chi connectivity index (χ0) is 33.6. The first-order chi connectivity index (χ1) is 22.3. The highest BCUT2D eigenvalue weighted by molar-refractivity contribution is 7.91. The van der Waals surface area contributed by atoms with Crippen LogP contribution in [-0.4, -0.2) is 50.0 Å². The number of H-pyrrole nitrogens is 2. The van der Waals surface area contributed by atoms with Crippen LogP contribution in [0.3, 0.4) is 0 Å². The Morgan fingerprint density at radius 2 is 1.06 bits per heavy atom. The summed E-state index contributed by atoms with van der Waals surface area (Å²) in [7, 11) is -4.11. The van der Waals surface area contributed by atoms with E-state index in [-0.39, 0.29) is 65.3 Å². The van der Waals surface area contributed by atoms with Crippen LogP contribution < -0.4 is 10.6 Å². The number of imidazole rings is 2. The monoisotopic (exact) mass is 694 g/mol. The highest BCUT2D eigenvalue weighted by Gasteiger charge is 2.22. The van der Waals surface area contributed by atoms with E-state index in [0.717, 1.165) is 24.3 Å². The van der Waals surface area contributed by atoms with E-state index in [1.807, 2.05) is 0 Å². The molecule has 0 aliphatic carbocycles. The molecule has 2 heterocycles. The molecule has 2 aromatic heterocycles. The second-order valence-corrected chi connectivity index (χ2v) is 12.5. The quantitative estimate of drug-likeness (QED) is 0.109. The number of nitro benzene ring substituents is 2. The van der Waals surface area contributed by atoms with Gasteiger partial charge in [0.1, 0.15) is 0 Å². The maximum absolute atomic E-state index is 13.6. The van der Waals surface area contributed by atoms with Crippen LogP contribution in [0.15, 0.2) is 82.6 Å². The summed E-state index contributed by atoms with van der Waals surface area (Å²) in [6.07, 6.45) is 0. The summed E-state index contributed by atoms with van der Waals surface area (Å²) in [6, 6.07) is 14.9. The number of aromatic nitrogens is 4. The number of nitrogens with one attached hydrogen (secondary N) is 4. The fraction of sp³-hybridized carbons (Fsp3) is 0. The molecule has 236 valence electrons. The van der Waals surface area contributed by atoms with Crippen LogP contribution >= 0.6 is 23.2 Å². The van der Waals surface area contributed by atoms with E-state index in [9.17, 15) is 38.2 Å². The SMILES string of the molecule is O=C(Nc1nc2ccc(S(=O)(=O)c3ccc4nc(NC(=O)c5cc([N+](=O)[O-])ccc5Cl)[nH]c4c3)cc2[nH]1)c1cc([N+](=O)[O-])ccc1Cl. The minimum atomic E-state index is -4.11. The Bertz CT molecular complexity index is 2270. The number of carbonyl (C=O) groups excluding carboxylic acids is 2. The number of hydrogen-bond acceptors (Lipinski definition) is 10. The number of aromatic amines is 2. The number of anilines is 2. The van der Waals surface area contributed by atoms with E-state index in [1.54, 1.807) is 0 Å². The molecular formula is C28H16Cl2N8O8S. The topological polar surface area (TPSA) is 236 Å². The third-order valence-electron chi connectivity index (χ3n) is 6.80. The third-order valence-corrected chi connectivity index (χ3v) is 9.21. The van der Waals surface area contributed by atoms with Crippen molar-refractivity contribution < 1.29 is 27.9 Å². The summed E-state index contributed by atoms with van der Waals surface area (Å²) in [6.45, 7) is 0. The van der Waals surface area contributed by atoms with Gasteiger partial charge < -0.3 is 9.97 Å². The van der Waals surface area contributed by atoms with Gasteiger partial charge in [-0.3, -0.25) is 40.5 Å². The van der Waals surface area contributed by atoms with Crippen LogP contribution in [-0.2, 0) is 9.84 Å². The molecule has 19 heteroatoms. The summed E-state index contributed by atoms with van der Waals surface area (Å²) in [4.78, 5) is 60.2. The lowest BCUT2D eigenvalue weighted by molar-refractivity contribution is -0.385. The lowest BCUT2D eigenvalue weighted by Crippen LogP contribution is -2.13. The minimum absolute atomic E-state index is 0.0202. The predicted octanol–water partition coefficient (Wildman–Crippen LogP) is 5.90. The molecule has 4 N–H and O–H groups in total. The number of carbonyl (C=O) groups is 2. The lowest BCUT2D eigenvalue weighted by Gasteiger charge is -2.05. The normalized spacial score (nSPS) is 11.4. The average molecular weight is 695 g/mol. The number of nitrogens with zero attached hydrogens (tertiary/aromatic N) is 4. The predicted molar refractivity (Wildman–Crippen MR) is 170 cm³/mol. The molecule has 0 fully saturated rings. The van der Waals surface area contributed by atoms with E-state index in [1.165, 1.54) is 48.5 Å². The number of nitro groups is 2. The van der Waals surface area contributed by atoms with Gasteiger partial charge in [-0.1, -0.05) is 23.2 Å². The van der Waals surface area contributed by atoms with Gasteiger partial charge in [0.25, 0.3) is 23.2 Å². The molecule has 0 radical (unpaired) electrons. The molecule has 0 aliphatic heterocycles. The first-order valence-electron chi connectivity index (χ1n) is 13.1. The van der Waals surface area contributed by atoms with Crippen LogP contribution in [0, 0.1) is 20.2 Å². The van der Waals surface area contributed by atoms with Crippen molar-refractivity contribution in [2.75, 3.05) is 10.6 Å². The van der Waals surface area contributed by atoms with Crippen molar-refractivity contribution in [3.63, 3.8) is 0 Å². The Kier molecular flexibility index (Phi) is 7.80. The number of halogens is 2. The van der Waals surface area contributed by atoms with Crippen LogP contribution in [0.1, 0.15) is 20.7 Å². The van der Waals surface area contributed by atoms with E-state index >= 15 is 0 Å². The second kappa shape index (κ2) is 11.8. The number of hydrogen-bond donors (Lipinski definition) is 4. The van der Waals surface area contributed by atoms with Gasteiger partial charge in [0.15, 0.2) is 0 Å².